The summed E-state index contributed by atoms with van der Waals surface area (Å²) in [6.45, 7) is 1.06. The number of imidazole rings is 1. The second-order valence-electron chi connectivity index (χ2n) is 5.21. The van der Waals surface area contributed by atoms with Crippen LogP contribution in [0.25, 0.3) is 6.08 Å². The molecule has 1 saturated heterocycles. The Bertz CT molecular complexity index is 435. The van der Waals surface area contributed by atoms with Crippen LogP contribution in [0.4, 0.5) is 0 Å². The van der Waals surface area contributed by atoms with Gasteiger partial charge in [0.05, 0.1) is 11.7 Å². The zero-order valence-corrected chi connectivity index (χ0v) is 10.3. The van der Waals surface area contributed by atoms with Crippen LogP contribution in [-0.4, -0.2) is 34.5 Å². The van der Waals surface area contributed by atoms with E-state index >= 15 is 0 Å². The van der Waals surface area contributed by atoms with Crippen molar-refractivity contribution in [2.24, 2.45) is 5.73 Å². The van der Waals surface area contributed by atoms with E-state index in [4.69, 9.17) is 10.7 Å². The number of aromatic amines is 1. The second-order valence-corrected chi connectivity index (χ2v) is 5.21. The Balaban J connectivity index is 1.87. The maximum Gasteiger partial charge on any atom is 0.124 e. The summed E-state index contributed by atoms with van der Waals surface area (Å²) in [4.78, 5) is 10.6. The molecule has 2 heterocycles. The molecular weight excluding hydrogens is 212 g/mol. The van der Waals surface area contributed by atoms with E-state index in [-0.39, 0.29) is 0 Å². The Morgan fingerprint density at radius 1 is 1.53 bits per heavy atom. The third kappa shape index (κ3) is 2.03. The van der Waals surface area contributed by atoms with Crippen LogP contribution in [0, 0.1) is 0 Å². The first kappa shape index (κ1) is 11.0. The molecule has 1 fully saturated rings. The highest BCUT2D eigenvalue weighted by atomic mass is 15.2. The number of nitrogens with one attached hydrogen (secondary N) is 1. The predicted molar refractivity (Wildman–Crippen MR) is 68.5 cm³/mol. The van der Waals surface area contributed by atoms with Crippen LogP contribution in [-0.2, 0) is 6.42 Å². The van der Waals surface area contributed by atoms with E-state index in [9.17, 15) is 0 Å². The Hall–Kier alpha value is -1.13. The van der Waals surface area contributed by atoms with Crippen LogP contribution in [0.1, 0.15) is 42.5 Å². The van der Waals surface area contributed by atoms with E-state index in [2.05, 4.69) is 29.1 Å². The minimum Gasteiger partial charge on any atom is -0.344 e. The van der Waals surface area contributed by atoms with Crippen LogP contribution in [0.15, 0.2) is 6.08 Å². The van der Waals surface area contributed by atoms with Gasteiger partial charge in [-0.1, -0.05) is 6.08 Å². The number of rotatable bonds is 1. The van der Waals surface area contributed by atoms with Crippen molar-refractivity contribution in [2.75, 3.05) is 13.6 Å². The Morgan fingerprint density at radius 2 is 2.41 bits per heavy atom. The number of allylic oxidation sites excluding steroid dienone is 1. The number of aromatic nitrogens is 2. The Labute approximate surface area is 102 Å². The normalized spacial score (nSPS) is 29.3. The molecule has 0 amide bonds. The lowest BCUT2D eigenvalue weighted by Gasteiger charge is -2.34. The molecule has 1 aromatic rings. The summed E-state index contributed by atoms with van der Waals surface area (Å²) in [6.07, 6.45) is 8.63. The minimum atomic E-state index is 0.314. The first-order valence-corrected chi connectivity index (χ1v) is 6.45. The Morgan fingerprint density at radius 3 is 3.24 bits per heavy atom. The predicted octanol–water partition coefficient (Wildman–Crippen LogP) is 1.46. The standard InChI is InChI=1S/C13H20N4/c1-17-7-6-9(14)8-12(17)13-15-10-4-2-3-5-11(10)16-13/h2,4,9,12H,3,5-8,14H2,1H3,(H,15,16)/t9-,12-/m1/s1. The monoisotopic (exact) mass is 232 g/mol. The lowest BCUT2D eigenvalue weighted by molar-refractivity contribution is 0.164. The number of aryl methyl sites for hydroxylation is 1. The van der Waals surface area contributed by atoms with Crippen molar-refractivity contribution in [2.45, 2.75) is 37.8 Å². The molecule has 1 aliphatic carbocycles. The van der Waals surface area contributed by atoms with E-state index in [1.807, 2.05) is 0 Å². The summed E-state index contributed by atoms with van der Waals surface area (Å²) < 4.78 is 0. The molecule has 4 nitrogen and oxygen atoms in total. The van der Waals surface area contributed by atoms with Gasteiger partial charge in [-0.15, -0.1) is 0 Å². The number of piperidine rings is 1. The molecule has 17 heavy (non-hydrogen) atoms. The maximum atomic E-state index is 6.06. The average Bonchev–Trinajstić information content (AvgIpc) is 2.75. The fourth-order valence-electron chi connectivity index (χ4n) is 2.78. The van der Waals surface area contributed by atoms with Gasteiger partial charge in [-0.2, -0.15) is 0 Å². The minimum absolute atomic E-state index is 0.314. The van der Waals surface area contributed by atoms with Gasteiger partial charge in [0.15, 0.2) is 0 Å². The van der Waals surface area contributed by atoms with E-state index < -0.39 is 0 Å². The van der Waals surface area contributed by atoms with Crippen molar-refractivity contribution < 1.29 is 0 Å². The summed E-state index contributed by atoms with van der Waals surface area (Å²) in [7, 11) is 2.16. The number of fused-ring (bicyclic) bond motifs is 1. The smallest absolute Gasteiger partial charge is 0.124 e. The van der Waals surface area contributed by atoms with Gasteiger partial charge in [0.1, 0.15) is 5.82 Å². The Kier molecular flexibility index (Phi) is 2.76. The molecule has 92 valence electrons. The molecule has 2 aliphatic rings. The lowest BCUT2D eigenvalue weighted by Crippen LogP contribution is -2.40. The van der Waals surface area contributed by atoms with Gasteiger partial charge < -0.3 is 10.7 Å². The molecule has 0 radical (unpaired) electrons. The van der Waals surface area contributed by atoms with Crippen molar-refractivity contribution in [3.05, 3.63) is 23.3 Å². The van der Waals surface area contributed by atoms with Crippen molar-refractivity contribution >= 4 is 6.08 Å². The summed E-state index contributed by atoms with van der Waals surface area (Å²) in [5.41, 5.74) is 8.48. The van der Waals surface area contributed by atoms with Crippen LogP contribution in [0.5, 0.6) is 0 Å². The largest absolute Gasteiger partial charge is 0.344 e. The van der Waals surface area contributed by atoms with Crippen LogP contribution >= 0.6 is 0 Å². The van der Waals surface area contributed by atoms with Gasteiger partial charge in [-0.25, -0.2) is 4.98 Å². The molecule has 3 rings (SSSR count). The van der Waals surface area contributed by atoms with Crippen molar-refractivity contribution in [3.8, 4) is 0 Å². The fourth-order valence-corrected chi connectivity index (χ4v) is 2.78. The highest BCUT2D eigenvalue weighted by Crippen LogP contribution is 2.29. The number of hydrogen-bond donors (Lipinski definition) is 2. The van der Waals surface area contributed by atoms with Crippen LogP contribution in [0.2, 0.25) is 0 Å². The molecule has 2 atom stereocenters. The molecule has 0 aromatic carbocycles. The third-order valence-electron chi connectivity index (χ3n) is 3.89. The molecule has 4 heteroatoms. The second kappa shape index (κ2) is 4.27. The van der Waals surface area contributed by atoms with Gasteiger partial charge in [-0.3, -0.25) is 4.90 Å². The van der Waals surface area contributed by atoms with Gasteiger partial charge >= 0.3 is 0 Å². The number of hydrogen-bond acceptors (Lipinski definition) is 3. The van der Waals surface area contributed by atoms with Gasteiger partial charge in [0, 0.05) is 18.3 Å². The molecule has 0 spiro atoms. The first-order chi connectivity index (χ1) is 8.24. The first-order valence-electron chi connectivity index (χ1n) is 6.45. The van der Waals surface area contributed by atoms with E-state index in [1.165, 1.54) is 5.69 Å². The van der Waals surface area contributed by atoms with Crippen molar-refractivity contribution in [3.63, 3.8) is 0 Å². The number of likely N-dealkylation sites (tertiary alicyclic amines) is 1. The zero-order valence-electron chi connectivity index (χ0n) is 10.3. The molecule has 0 saturated carbocycles. The lowest BCUT2D eigenvalue weighted by atomic mass is 9.98. The molecule has 0 unspecified atom stereocenters. The summed E-state index contributed by atoms with van der Waals surface area (Å²) in [5, 5.41) is 0. The van der Waals surface area contributed by atoms with Crippen molar-refractivity contribution in [1.82, 2.24) is 14.9 Å². The highest BCUT2D eigenvalue weighted by molar-refractivity contribution is 5.50. The molecular formula is C13H20N4. The fraction of sp³-hybridized carbons (Fsp3) is 0.615. The summed E-state index contributed by atoms with van der Waals surface area (Å²) in [5.74, 6) is 1.10. The van der Waals surface area contributed by atoms with Gasteiger partial charge in [0.25, 0.3) is 0 Å². The maximum absolute atomic E-state index is 6.06. The summed E-state index contributed by atoms with van der Waals surface area (Å²) in [6, 6.07) is 0.673. The van der Waals surface area contributed by atoms with Gasteiger partial charge in [0.2, 0.25) is 0 Å². The van der Waals surface area contributed by atoms with Crippen LogP contribution in [0.3, 0.4) is 0 Å². The average molecular weight is 232 g/mol. The topological polar surface area (TPSA) is 57.9 Å². The third-order valence-corrected chi connectivity index (χ3v) is 3.89. The number of H-pyrrole nitrogens is 1. The van der Waals surface area contributed by atoms with E-state index in [0.29, 0.717) is 12.1 Å². The van der Waals surface area contributed by atoms with Crippen molar-refractivity contribution in [1.29, 1.82) is 0 Å². The van der Waals surface area contributed by atoms with Crippen LogP contribution < -0.4 is 5.73 Å². The molecule has 1 aliphatic heterocycles. The summed E-state index contributed by atoms with van der Waals surface area (Å²) >= 11 is 0. The van der Waals surface area contributed by atoms with E-state index in [1.54, 1.807) is 0 Å². The quantitative estimate of drug-likeness (QED) is 0.770. The zero-order chi connectivity index (χ0) is 11.8. The van der Waals surface area contributed by atoms with E-state index in [0.717, 1.165) is 43.7 Å². The molecule has 1 aromatic heterocycles. The number of nitrogens with zero attached hydrogens (tertiary/aromatic N) is 2. The molecule has 3 N–H and O–H groups in total. The number of nitrogens with two attached hydrogens (primary N) is 1. The SMILES string of the molecule is CN1CC[C@@H](N)C[C@@H]1c1nc2c([nH]1)CCC=C2. The highest BCUT2D eigenvalue weighted by Gasteiger charge is 2.28. The van der Waals surface area contributed by atoms with Gasteiger partial charge in [-0.05, 0) is 38.8 Å². The molecule has 0 bridgehead atoms.